The van der Waals surface area contributed by atoms with Crippen LogP contribution in [0.2, 0.25) is 0 Å². The maximum absolute atomic E-state index is 12.9. The lowest BCUT2D eigenvalue weighted by molar-refractivity contribution is -0.113. The molecular weight excluding hydrogens is 422 g/mol. The summed E-state index contributed by atoms with van der Waals surface area (Å²) in [5, 5.41) is 3.62. The number of nitrogens with zero attached hydrogens (tertiary/aromatic N) is 3. The zero-order valence-corrected chi connectivity index (χ0v) is 18.2. The number of thiophene rings is 1. The van der Waals surface area contributed by atoms with Gasteiger partial charge in [-0.3, -0.25) is 19.1 Å². The Morgan fingerprint density at radius 1 is 1.23 bits per heavy atom. The summed E-state index contributed by atoms with van der Waals surface area (Å²) in [6.07, 6.45) is 0. The van der Waals surface area contributed by atoms with Crippen molar-refractivity contribution in [2.75, 3.05) is 11.1 Å². The number of aryl methyl sites for hydroxylation is 1. The number of carbonyl (C=O) groups excluding carboxylic acids is 1. The van der Waals surface area contributed by atoms with E-state index in [0.29, 0.717) is 26.8 Å². The molecule has 0 radical (unpaired) electrons. The number of aromatic nitrogens is 4. The van der Waals surface area contributed by atoms with E-state index < -0.39 is 0 Å². The summed E-state index contributed by atoms with van der Waals surface area (Å²) < 4.78 is 3.21. The molecule has 0 aliphatic carbocycles. The van der Waals surface area contributed by atoms with E-state index in [-0.39, 0.29) is 28.5 Å². The third-order valence-electron chi connectivity index (χ3n) is 4.66. The molecule has 0 fully saturated rings. The molecular formula is C20H19N5O3S2. The second kappa shape index (κ2) is 7.96. The highest BCUT2D eigenvalue weighted by Crippen LogP contribution is 2.22. The minimum absolute atomic E-state index is 0.0118. The Balaban J connectivity index is 1.52. The van der Waals surface area contributed by atoms with Crippen LogP contribution in [0.5, 0.6) is 0 Å². The summed E-state index contributed by atoms with van der Waals surface area (Å²) in [5.74, 6) is -0.339. The number of H-pyrrole nitrogens is 1. The van der Waals surface area contributed by atoms with Gasteiger partial charge in [-0.2, -0.15) is 0 Å². The number of amides is 1. The van der Waals surface area contributed by atoms with E-state index in [1.165, 1.54) is 16.0 Å². The van der Waals surface area contributed by atoms with Crippen molar-refractivity contribution in [2.24, 2.45) is 7.05 Å². The molecule has 8 nitrogen and oxygen atoms in total. The number of hydrogen-bond acceptors (Lipinski definition) is 6. The minimum atomic E-state index is -0.351. The molecule has 30 heavy (non-hydrogen) atoms. The van der Waals surface area contributed by atoms with Crippen molar-refractivity contribution in [1.82, 2.24) is 19.3 Å². The van der Waals surface area contributed by atoms with Crippen LogP contribution in [0.25, 0.3) is 15.9 Å². The smallest absolute Gasteiger partial charge is 0.295 e. The fourth-order valence-electron chi connectivity index (χ4n) is 3.12. The molecule has 0 spiro atoms. The van der Waals surface area contributed by atoms with Crippen molar-refractivity contribution in [3.05, 3.63) is 67.7 Å². The van der Waals surface area contributed by atoms with Crippen LogP contribution in [-0.2, 0) is 11.8 Å². The van der Waals surface area contributed by atoms with Crippen molar-refractivity contribution in [2.45, 2.75) is 19.0 Å². The molecule has 154 valence electrons. The lowest BCUT2D eigenvalue weighted by atomic mass is 10.3. The van der Waals surface area contributed by atoms with Crippen molar-refractivity contribution < 1.29 is 4.79 Å². The van der Waals surface area contributed by atoms with Gasteiger partial charge in [-0.1, -0.05) is 30.0 Å². The average Bonchev–Trinajstić information content (AvgIpc) is 3.20. The number of thioether (sulfide) groups is 1. The lowest BCUT2D eigenvalue weighted by Gasteiger charge is -2.07. The maximum atomic E-state index is 12.9. The van der Waals surface area contributed by atoms with Gasteiger partial charge in [-0.25, -0.2) is 9.67 Å². The zero-order valence-electron chi connectivity index (χ0n) is 16.6. The quantitative estimate of drug-likeness (QED) is 0.366. The monoisotopic (exact) mass is 441 g/mol. The molecule has 0 aliphatic heterocycles. The third-order valence-corrected chi connectivity index (χ3v) is 6.48. The van der Waals surface area contributed by atoms with Gasteiger partial charge in [0.05, 0.1) is 22.5 Å². The van der Waals surface area contributed by atoms with Gasteiger partial charge in [0.25, 0.3) is 11.1 Å². The lowest BCUT2D eigenvalue weighted by Crippen LogP contribution is -2.23. The van der Waals surface area contributed by atoms with Crippen LogP contribution in [-0.4, -0.2) is 31.0 Å². The molecule has 1 amide bonds. The van der Waals surface area contributed by atoms with Crippen LogP contribution in [0.3, 0.4) is 0 Å². The van der Waals surface area contributed by atoms with Crippen molar-refractivity contribution in [3.8, 4) is 5.69 Å². The van der Waals surface area contributed by atoms with Crippen LogP contribution < -0.4 is 16.4 Å². The predicted molar refractivity (Wildman–Crippen MR) is 120 cm³/mol. The Bertz CT molecular complexity index is 1370. The second-order valence-corrected chi connectivity index (χ2v) is 8.92. The van der Waals surface area contributed by atoms with E-state index in [0.717, 1.165) is 16.6 Å². The molecule has 4 rings (SSSR count). The van der Waals surface area contributed by atoms with Crippen LogP contribution in [0.15, 0.2) is 51.1 Å². The largest absolute Gasteiger partial charge is 0.319 e. The van der Waals surface area contributed by atoms with Crippen molar-refractivity contribution >= 4 is 44.9 Å². The Morgan fingerprint density at radius 2 is 1.97 bits per heavy atom. The molecule has 0 unspecified atom stereocenters. The molecule has 3 aromatic heterocycles. The summed E-state index contributed by atoms with van der Waals surface area (Å²) in [5.41, 5.74) is 1.06. The number of carbonyl (C=O) groups is 1. The van der Waals surface area contributed by atoms with E-state index in [9.17, 15) is 14.4 Å². The highest BCUT2D eigenvalue weighted by molar-refractivity contribution is 7.99. The average molecular weight is 442 g/mol. The SMILES string of the molecule is Cc1cc2c(=O)[nH]c(SCC(=O)Nc3c(C)n(C)n(-c4ccccc4)c3=O)nc2s1. The molecule has 3 heterocycles. The summed E-state index contributed by atoms with van der Waals surface area (Å²) >= 11 is 2.55. The third kappa shape index (κ3) is 3.71. The molecule has 0 atom stereocenters. The molecule has 0 saturated heterocycles. The highest BCUT2D eigenvalue weighted by Gasteiger charge is 2.18. The number of anilines is 1. The Kier molecular flexibility index (Phi) is 5.35. The van der Waals surface area contributed by atoms with Gasteiger partial charge < -0.3 is 10.3 Å². The second-order valence-electron chi connectivity index (χ2n) is 6.72. The Hall–Kier alpha value is -3.11. The number of fused-ring (bicyclic) bond motifs is 1. The van der Waals surface area contributed by atoms with Gasteiger partial charge in [-0.05, 0) is 32.0 Å². The maximum Gasteiger partial charge on any atom is 0.295 e. The van der Waals surface area contributed by atoms with E-state index in [1.54, 1.807) is 24.7 Å². The first kappa shape index (κ1) is 20.2. The highest BCUT2D eigenvalue weighted by atomic mass is 32.2. The number of nitrogens with one attached hydrogen (secondary N) is 2. The van der Waals surface area contributed by atoms with E-state index >= 15 is 0 Å². The first-order valence-corrected chi connectivity index (χ1v) is 10.9. The number of hydrogen-bond donors (Lipinski definition) is 2. The van der Waals surface area contributed by atoms with Crippen LogP contribution >= 0.6 is 23.1 Å². The standard InChI is InChI=1S/C20H19N5O3S2/c1-11-9-14-17(27)22-20(23-18(14)30-11)29-10-15(26)21-16-12(2)24(3)25(19(16)28)13-7-5-4-6-8-13/h4-9H,10H2,1-3H3,(H,21,26)(H,22,23,27). The fraction of sp³-hybridized carbons (Fsp3) is 0.200. The first-order valence-electron chi connectivity index (χ1n) is 9.12. The van der Waals surface area contributed by atoms with Crippen molar-refractivity contribution in [3.63, 3.8) is 0 Å². The minimum Gasteiger partial charge on any atom is -0.319 e. The summed E-state index contributed by atoms with van der Waals surface area (Å²) in [4.78, 5) is 46.3. The topological polar surface area (TPSA) is 102 Å². The Labute approximate surface area is 179 Å². The Morgan fingerprint density at radius 3 is 2.70 bits per heavy atom. The molecule has 1 aromatic carbocycles. The van der Waals surface area contributed by atoms with Crippen LogP contribution in [0.1, 0.15) is 10.6 Å². The molecule has 0 bridgehead atoms. The normalized spacial score (nSPS) is 11.2. The predicted octanol–water partition coefficient (Wildman–Crippen LogP) is 2.82. The van der Waals surface area contributed by atoms with Gasteiger partial charge in [0.1, 0.15) is 10.5 Å². The van der Waals surface area contributed by atoms with Crippen LogP contribution in [0, 0.1) is 13.8 Å². The molecule has 0 saturated carbocycles. The van der Waals surface area contributed by atoms with Crippen molar-refractivity contribution in [1.29, 1.82) is 0 Å². The summed E-state index contributed by atoms with van der Waals surface area (Å²) in [7, 11) is 1.76. The van der Waals surface area contributed by atoms with Gasteiger partial charge in [0, 0.05) is 11.9 Å². The van der Waals surface area contributed by atoms with Gasteiger partial charge in [0.2, 0.25) is 5.91 Å². The fourth-order valence-corrected chi connectivity index (χ4v) is 4.72. The number of aromatic amines is 1. The molecule has 0 aliphatic rings. The molecule has 2 N–H and O–H groups in total. The van der Waals surface area contributed by atoms with E-state index in [4.69, 9.17) is 0 Å². The number of rotatable bonds is 5. The van der Waals surface area contributed by atoms with E-state index in [1.807, 2.05) is 37.3 Å². The zero-order chi connectivity index (χ0) is 21.4. The van der Waals surface area contributed by atoms with Gasteiger partial charge in [-0.15, -0.1) is 11.3 Å². The molecule has 10 heteroatoms. The van der Waals surface area contributed by atoms with Crippen LogP contribution in [0.4, 0.5) is 5.69 Å². The number of benzene rings is 1. The van der Waals surface area contributed by atoms with E-state index in [2.05, 4.69) is 15.3 Å². The molecule has 4 aromatic rings. The van der Waals surface area contributed by atoms with Gasteiger partial charge >= 0.3 is 0 Å². The first-order chi connectivity index (χ1) is 14.3. The number of para-hydroxylation sites is 1. The summed E-state index contributed by atoms with van der Waals surface area (Å²) in [6.45, 7) is 3.69. The summed E-state index contributed by atoms with van der Waals surface area (Å²) in [6, 6.07) is 11.0. The van der Waals surface area contributed by atoms with Gasteiger partial charge in [0.15, 0.2) is 5.16 Å².